The molecular weight excluding hydrogens is 342 g/mol. The lowest BCUT2D eigenvalue weighted by atomic mass is 9.94. The molecule has 0 radical (unpaired) electrons. The second kappa shape index (κ2) is 7.53. The average molecular weight is 363 g/mol. The summed E-state index contributed by atoms with van der Waals surface area (Å²) in [6.07, 6.45) is 6.83. The first-order valence-electron chi connectivity index (χ1n) is 9.01. The van der Waals surface area contributed by atoms with E-state index in [-0.39, 0.29) is 11.8 Å². The predicted octanol–water partition coefficient (Wildman–Crippen LogP) is 2.67. The van der Waals surface area contributed by atoms with Gasteiger partial charge in [0.05, 0.1) is 5.69 Å². The SMILES string of the molecule is Cc1cccc(Nc2nccnc2[C@H]2CCCN(C(=O)c3ccn[nH]3)C2)n1. The molecule has 138 valence electrons. The van der Waals surface area contributed by atoms with Crippen molar-refractivity contribution in [3.8, 4) is 0 Å². The first-order chi connectivity index (χ1) is 13.2. The molecule has 0 aliphatic carbocycles. The van der Waals surface area contributed by atoms with Crippen LogP contribution in [0.15, 0.2) is 42.9 Å². The van der Waals surface area contributed by atoms with Gasteiger partial charge in [-0.3, -0.25) is 14.9 Å². The van der Waals surface area contributed by atoms with Crippen molar-refractivity contribution in [1.82, 2.24) is 30.0 Å². The highest BCUT2D eigenvalue weighted by atomic mass is 16.2. The molecule has 3 aromatic heterocycles. The standard InChI is InChI=1S/C19H21N7O/c1-13-4-2-6-16(23-13)24-18-17(20-9-10-21-18)14-5-3-11-26(12-14)19(27)15-7-8-22-25-15/h2,4,6-10,14H,3,5,11-12H2,1H3,(H,22,25)(H,21,23,24)/t14-/m0/s1. The lowest BCUT2D eigenvalue weighted by molar-refractivity contribution is 0.0700. The third-order valence-electron chi connectivity index (χ3n) is 4.69. The van der Waals surface area contributed by atoms with E-state index in [9.17, 15) is 4.79 Å². The number of aromatic amines is 1. The van der Waals surface area contributed by atoms with Crippen LogP contribution >= 0.6 is 0 Å². The fourth-order valence-electron chi connectivity index (χ4n) is 3.41. The van der Waals surface area contributed by atoms with E-state index in [1.54, 1.807) is 24.7 Å². The monoisotopic (exact) mass is 363 g/mol. The quantitative estimate of drug-likeness (QED) is 0.739. The summed E-state index contributed by atoms with van der Waals surface area (Å²) in [7, 11) is 0. The number of anilines is 2. The van der Waals surface area contributed by atoms with Crippen LogP contribution in [0.1, 0.15) is 40.6 Å². The van der Waals surface area contributed by atoms with Crippen LogP contribution in [0.25, 0.3) is 0 Å². The molecule has 0 aromatic carbocycles. The number of aryl methyl sites for hydroxylation is 1. The molecule has 1 amide bonds. The maximum absolute atomic E-state index is 12.6. The molecule has 0 unspecified atom stereocenters. The third kappa shape index (κ3) is 3.79. The second-order valence-electron chi connectivity index (χ2n) is 6.64. The highest BCUT2D eigenvalue weighted by Crippen LogP contribution is 2.30. The van der Waals surface area contributed by atoms with Gasteiger partial charge in [0.1, 0.15) is 11.5 Å². The fourth-order valence-corrected chi connectivity index (χ4v) is 3.41. The Hall–Kier alpha value is -3.29. The summed E-state index contributed by atoms with van der Waals surface area (Å²) in [5, 5.41) is 9.90. The van der Waals surface area contributed by atoms with Crippen LogP contribution in [0.5, 0.6) is 0 Å². The second-order valence-corrected chi connectivity index (χ2v) is 6.64. The molecule has 27 heavy (non-hydrogen) atoms. The first kappa shape index (κ1) is 17.1. The number of piperidine rings is 1. The van der Waals surface area contributed by atoms with Crippen molar-refractivity contribution >= 4 is 17.5 Å². The summed E-state index contributed by atoms with van der Waals surface area (Å²) >= 11 is 0. The third-order valence-corrected chi connectivity index (χ3v) is 4.69. The molecule has 2 N–H and O–H groups in total. The number of nitrogens with zero attached hydrogens (tertiary/aromatic N) is 5. The molecule has 1 saturated heterocycles. The summed E-state index contributed by atoms with van der Waals surface area (Å²) in [6, 6.07) is 7.50. The van der Waals surface area contributed by atoms with Crippen LogP contribution in [-0.4, -0.2) is 49.0 Å². The number of amides is 1. The van der Waals surface area contributed by atoms with Crippen LogP contribution in [0.2, 0.25) is 0 Å². The van der Waals surface area contributed by atoms with E-state index < -0.39 is 0 Å². The topological polar surface area (TPSA) is 99.7 Å². The number of hydrogen-bond donors (Lipinski definition) is 2. The lowest BCUT2D eigenvalue weighted by Gasteiger charge is -2.32. The van der Waals surface area contributed by atoms with Gasteiger partial charge in [-0.1, -0.05) is 6.07 Å². The Kier molecular flexibility index (Phi) is 4.78. The zero-order valence-electron chi connectivity index (χ0n) is 15.1. The largest absolute Gasteiger partial charge is 0.337 e. The maximum atomic E-state index is 12.6. The number of hydrogen-bond acceptors (Lipinski definition) is 6. The molecule has 4 rings (SSSR count). The number of nitrogens with one attached hydrogen (secondary N) is 2. The van der Waals surface area contributed by atoms with Crippen molar-refractivity contribution in [2.75, 3.05) is 18.4 Å². The van der Waals surface area contributed by atoms with E-state index in [4.69, 9.17) is 0 Å². The van der Waals surface area contributed by atoms with Gasteiger partial charge in [0, 0.05) is 43.3 Å². The molecule has 0 bridgehead atoms. The minimum atomic E-state index is -0.0315. The van der Waals surface area contributed by atoms with Crippen LogP contribution < -0.4 is 5.32 Å². The summed E-state index contributed by atoms with van der Waals surface area (Å²) < 4.78 is 0. The van der Waals surface area contributed by atoms with E-state index in [0.29, 0.717) is 18.1 Å². The van der Waals surface area contributed by atoms with Gasteiger partial charge in [-0.25, -0.2) is 9.97 Å². The molecule has 1 aliphatic rings. The number of aromatic nitrogens is 5. The Morgan fingerprint density at radius 3 is 2.93 bits per heavy atom. The number of likely N-dealkylation sites (tertiary alicyclic amines) is 1. The van der Waals surface area contributed by atoms with E-state index in [1.807, 2.05) is 30.0 Å². The molecule has 1 aliphatic heterocycles. The fraction of sp³-hybridized carbons (Fsp3) is 0.316. The first-order valence-corrected chi connectivity index (χ1v) is 9.01. The molecule has 3 aromatic rings. The van der Waals surface area contributed by atoms with Crippen molar-refractivity contribution in [1.29, 1.82) is 0 Å². The van der Waals surface area contributed by atoms with Crippen LogP contribution in [0.3, 0.4) is 0 Å². The number of pyridine rings is 1. The number of H-pyrrole nitrogens is 1. The van der Waals surface area contributed by atoms with Gasteiger partial charge in [-0.05, 0) is 38.0 Å². The molecule has 4 heterocycles. The van der Waals surface area contributed by atoms with Crippen molar-refractivity contribution in [2.24, 2.45) is 0 Å². The van der Waals surface area contributed by atoms with Gasteiger partial charge >= 0.3 is 0 Å². The molecule has 8 heteroatoms. The molecule has 0 spiro atoms. The van der Waals surface area contributed by atoms with Gasteiger partial charge in [0.2, 0.25) is 0 Å². The van der Waals surface area contributed by atoms with Crippen LogP contribution in [0, 0.1) is 6.92 Å². The van der Waals surface area contributed by atoms with Gasteiger partial charge in [-0.2, -0.15) is 5.10 Å². The Labute approximate surface area is 157 Å². The predicted molar refractivity (Wildman–Crippen MR) is 101 cm³/mol. The highest BCUT2D eigenvalue weighted by molar-refractivity contribution is 5.92. The number of rotatable bonds is 4. The Morgan fingerprint density at radius 2 is 2.11 bits per heavy atom. The summed E-state index contributed by atoms with van der Waals surface area (Å²) in [6.45, 7) is 3.28. The van der Waals surface area contributed by atoms with E-state index in [2.05, 4.69) is 30.5 Å². The molecule has 1 atom stereocenters. The van der Waals surface area contributed by atoms with Crippen LogP contribution in [0.4, 0.5) is 11.6 Å². The summed E-state index contributed by atoms with van der Waals surface area (Å²) in [5.74, 6) is 1.51. The number of carbonyl (C=O) groups excluding carboxylic acids is 1. The van der Waals surface area contributed by atoms with Gasteiger partial charge in [-0.15, -0.1) is 0 Å². The summed E-state index contributed by atoms with van der Waals surface area (Å²) in [4.78, 5) is 28.0. The van der Waals surface area contributed by atoms with E-state index in [0.717, 1.165) is 36.6 Å². The summed E-state index contributed by atoms with van der Waals surface area (Å²) in [5.41, 5.74) is 2.31. The molecule has 1 fully saturated rings. The number of carbonyl (C=O) groups is 1. The molecular formula is C19H21N7O. The van der Waals surface area contributed by atoms with Gasteiger partial charge < -0.3 is 10.2 Å². The highest BCUT2D eigenvalue weighted by Gasteiger charge is 2.28. The van der Waals surface area contributed by atoms with Gasteiger partial charge in [0.25, 0.3) is 5.91 Å². The molecule has 8 nitrogen and oxygen atoms in total. The normalized spacial score (nSPS) is 16.9. The van der Waals surface area contributed by atoms with Crippen molar-refractivity contribution < 1.29 is 4.79 Å². The average Bonchev–Trinajstić information content (AvgIpc) is 3.23. The smallest absolute Gasteiger partial charge is 0.271 e. The maximum Gasteiger partial charge on any atom is 0.271 e. The van der Waals surface area contributed by atoms with Crippen molar-refractivity contribution in [3.63, 3.8) is 0 Å². The zero-order valence-corrected chi connectivity index (χ0v) is 15.1. The van der Waals surface area contributed by atoms with Crippen LogP contribution in [-0.2, 0) is 0 Å². The van der Waals surface area contributed by atoms with Crippen molar-refractivity contribution in [2.45, 2.75) is 25.7 Å². The Balaban J connectivity index is 1.55. The minimum absolute atomic E-state index is 0.0315. The zero-order chi connectivity index (χ0) is 18.6. The minimum Gasteiger partial charge on any atom is -0.337 e. The van der Waals surface area contributed by atoms with Crippen molar-refractivity contribution in [3.05, 3.63) is 59.9 Å². The Bertz CT molecular complexity index is 925. The van der Waals surface area contributed by atoms with Gasteiger partial charge in [0.15, 0.2) is 5.82 Å². The van der Waals surface area contributed by atoms with E-state index >= 15 is 0 Å². The molecule has 0 saturated carbocycles. The van der Waals surface area contributed by atoms with E-state index in [1.165, 1.54) is 0 Å². The lowest BCUT2D eigenvalue weighted by Crippen LogP contribution is -2.39. The Morgan fingerprint density at radius 1 is 1.22 bits per heavy atom.